The quantitative estimate of drug-likeness (QED) is 0.364. The van der Waals surface area contributed by atoms with Crippen LogP contribution in [0.2, 0.25) is 0 Å². The van der Waals surface area contributed by atoms with E-state index in [1.807, 2.05) is 25.3 Å². The third-order valence-electron chi connectivity index (χ3n) is 6.96. The van der Waals surface area contributed by atoms with E-state index in [2.05, 4.69) is 68.0 Å². The molecule has 3 aromatic rings. The van der Waals surface area contributed by atoms with Crippen LogP contribution in [0.3, 0.4) is 0 Å². The Balaban J connectivity index is 1.33. The van der Waals surface area contributed by atoms with E-state index in [0.29, 0.717) is 6.61 Å². The number of hydrogen-bond acceptors (Lipinski definition) is 5. The van der Waals surface area contributed by atoms with E-state index in [0.717, 1.165) is 59.9 Å². The van der Waals surface area contributed by atoms with Gasteiger partial charge in [-0.15, -0.1) is 0 Å². The number of benzene rings is 2. The van der Waals surface area contributed by atoms with Gasteiger partial charge in [0.15, 0.2) is 5.82 Å². The van der Waals surface area contributed by atoms with Crippen molar-refractivity contribution in [1.82, 2.24) is 9.97 Å². The summed E-state index contributed by atoms with van der Waals surface area (Å²) in [5.41, 5.74) is 5.84. The lowest BCUT2D eigenvalue weighted by Gasteiger charge is -2.21. The van der Waals surface area contributed by atoms with Crippen molar-refractivity contribution in [2.75, 3.05) is 25.1 Å². The van der Waals surface area contributed by atoms with Crippen LogP contribution in [0, 0.1) is 6.92 Å². The summed E-state index contributed by atoms with van der Waals surface area (Å²) in [6.45, 7) is 10.1. The molecule has 6 nitrogen and oxygen atoms in total. The molecule has 0 amide bonds. The van der Waals surface area contributed by atoms with Gasteiger partial charge in [-0.05, 0) is 66.3 Å². The molecule has 0 spiro atoms. The predicted molar refractivity (Wildman–Crippen MR) is 144 cm³/mol. The Hall–Kier alpha value is -3.41. The molecule has 0 radical (unpaired) electrons. The molecule has 190 valence electrons. The number of anilines is 1. The fraction of sp³-hybridized carbons (Fsp3) is 0.433. The average molecular weight is 488 g/mol. The van der Waals surface area contributed by atoms with Crippen molar-refractivity contribution >= 4 is 11.8 Å². The lowest BCUT2D eigenvalue weighted by molar-refractivity contribution is -0.137. The second-order valence-electron chi connectivity index (χ2n) is 10.8. The standard InChI is InChI=1S/C30H37N3O3/c1-20-19-31-28(21-9-11-24(12-10-21)30(2,3)4)32-29(20)33(5)15-6-16-36-25-13-14-26-22(17-25)7-8-23(26)18-27(34)35/h9-14,17,19,23H,6-8,15-16,18H2,1-5H3,(H,34,35)/t23-/m0/s1. The van der Waals surface area contributed by atoms with Crippen LogP contribution in [0.5, 0.6) is 5.75 Å². The van der Waals surface area contributed by atoms with Crippen molar-refractivity contribution in [2.24, 2.45) is 0 Å². The van der Waals surface area contributed by atoms with Crippen LogP contribution in [0.15, 0.2) is 48.7 Å². The number of carbonyl (C=O) groups is 1. The molecule has 1 heterocycles. The van der Waals surface area contributed by atoms with Crippen molar-refractivity contribution in [1.29, 1.82) is 0 Å². The van der Waals surface area contributed by atoms with Crippen molar-refractivity contribution in [3.8, 4) is 17.1 Å². The Morgan fingerprint density at radius 3 is 2.61 bits per heavy atom. The molecule has 6 heteroatoms. The molecule has 4 rings (SSSR count). The number of rotatable bonds is 9. The summed E-state index contributed by atoms with van der Waals surface area (Å²) in [5.74, 6) is 1.91. The zero-order chi connectivity index (χ0) is 25.9. The molecule has 0 fully saturated rings. The Morgan fingerprint density at radius 2 is 1.92 bits per heavy atom. The maximum absolute atomic E-state index is 11.1. The summed E-state index contributed by atoms with van der Waals surface area (Å²) in [7, 11) is 2.06. The van der Waals surface area contributed by atoms with Crippen LogP contribution in [0.4, 0.5) is 5.82 Å². The van der Waals surface area contributed by atoms with E-state index in [4.69, 9.17) is 14.8 Å². The lowest BCUT2D eigenvalue weighted by Crippen LogP contribution is -2.22. The van der Waals surface area contributed by atoms with Gasteiger partial charge in [0, 0.05) is 30.9 Å². The Bertz CT molecular complexity index is 1220. The first kappa shape index (κ1) is 25.7. The van der Waals surface area contributed by atoms with E-state index in [9.17, 15) is 4.79 Å². The van der Waals surface area contributed by atoms with Crippen molar-refractivity contribution in [2.45, 2.75) is 64.7 Å². The molecule has 36 heavy (non-hydrogen) atoms. The summed E-state index contributed by atoms with van der Waals surface area (Å²) in [6, 6.07) is 14.6. The molecule has 0 bridgehead atoms. The summed E-state index contributed by atoms with van der Waals surface area (Å²) in [6.07, 6.45) is 4.77. The van der Waals surface area contributed by atoms with E-state index in [1.54, 1.807) is 0 Å². The molecule has 1 aliphatic rings. The lowest BCUT2D eigenvalue weighted by atomic mass is 9.87. The molecule has 0 aliphatic heterocycles. The minimum absolute atomic E-state index is 0.114. The summed E-state index contributed by atoms with van der Waals surface area (Å²) < 4.78 is 6.02. The van der Waals surface area contributed by atoms with Crippen LogP contribution in [0.1, 0.15) is 68.2 Å². The smallest absolute Gasteiger partial charge is 0.303 e. The number of aromatic nitrogens is 2. The average Bonchev–Trinajstić information content (AvgIpc) is 3.23. The predicted octanol–water partition coefficient (Wildman–Crippen LogP) is 6.16. The number of fused-ring (bicyclic) bond motifs is 1. The summed E-state index contributed by atoms with van der Waals surface area (Å²) in [5, 5.41) is 9.11. The molecule has 2 aromatic carbocycles. The first-order chi connectivity index (χ1) is 17.1. The fourth-order valence-electron chi connectivity index (χ4n) is 4.87. The SMILES string of the molecule is Cc1cnc(-c2ccc(C(C)(C)C)cc2)nc1N(C)CCCOc1ccc2c(c1)CC[C@H]2CC(=O)O. The Morgan fingerprint density at radius 1 is 1.17 bits per heavy atom. The zero-order valence-corrected chi connectivity index (χ0v) is 22.0. The van der Waals surface area contributed by atoms with Gasteiger partial charge in [-0.1, -0.05) is 51.1 Å². The highest BCUT2D eigenvalue weighted by Crippen LogP contribution is 2.37. The van der Waals surface area contributed by atoms with Gasteiger partial charge in [0.05, 0.1) is 13.0 Å². The topological polar surface area (TPSA) is 75.5 Å². The van der Waals surface area contributed by atoms with E-state index < -0.39 is 5.97 Å². The first-order valence-electron chi connectivity index (χ1n) is 12.7. The molecular formula is C30H37N3O3. The number of carboxylic acid groups (broad SMARTS) is 1. The Kier molecular flexibility index (Phi) is 7.62. The highest BCUT2D eigenvalue weighted by atomic mass is 16.5. The van der Waals surface area contributed by atoms with Crippen LogP contribution in [0.25, 0.3) is 11.4 Å². The maximum Gasteiger partial charge on any atom is 0.303 e. The van der Waals surface area contributed by atoms with Gasteiger partial charge >= 0.3 is 5.97 Å². The van der Waals surface area contributed by atoms with Gasteiger partial charge in [0.25, 0.3) is 0 Å². The molecule has 1 aromatic heterocycles. The van der Waals surface area contributed by atoms with E-state index in [1.165, 1.54) is 11.1 Å². The minimum Gasteiger partial charge on any atom is -0.494 e. The molecule has 1 aliphatic carbocycles. The number of aryl methyl sites for hydroxylation is 2. The first-order valence-corrected chi connectivity index (χ1v) is 12.7. The number of ether oxygens (including phenoxy) is 1. The van der Waals surface area contributed by atoms with Gasteiger partial charge in [-0.3, -0.25) is 4.79 Å². The van der Waals surface area contributed by atoms with Crippen molar-refractivity contribution < 1.29 is 14.6 Å². The number of carboxylic acids is 1. The summed E-state index contributed by atoms with van der Waals surface area (Å²) in [4.78, 5) is 22.7. The molecule has 0 saturated heterocycles. The minimum atomic E-state index is -0.734. The van der Waals surface area contributed by atoms with Gasteiger partial charge in [-0.25, -0.2) is 9.97 Å². The number of aliphatic carboxylic acids is 1. The van der Waals surface area contributed by atoms with Crippen molar-refractivity contribution in [3.63, 3.8) is 0 Å². The van der Waals surface area contributed by atoms with Gasteiger partial charge in [0.1, 0.15) is 11.6 Å². The zero-order valence-electron chi connectivity index (χ0n) is 22.0. The number of nitrogens with zero attached hydrogens (tertiary/aromatic N) is 3. The summed E-state index contributed by atoms with van der Waals surface area (Å²) >= 11 is 0. The van der Waals surface area contributed by atoms with E-state index in [-0.39, 0.29) is 17.8 Å². The van der Waals surface area contributed by atoms with E-state index >= 15 is 0 Å². The van der Waals surface area contributed by atoms with Gasteiger partial charge < -0.3 is 14.7 Å². The second kappa shape index (κ2) is 10.7. The van der Waals surface area contributed by atoms with Gasteiger partial charge in [0.2, 0.25) is 0 Å². The maximum atomic E-state index is 11.1. The van der Waals surface area contributed by atoms with Gasteiger partial charge in [-0.2, -0.15) is 0 Å². The van der Waals surface area contributed by atoms with Crippen LogP contribution >= 0.6 is 0 Å². The molecule has 0 saturated carbocycles. The molecular weight excluding hydrogens is 450 g/mol. The monoisotopic (exact) mass is 487 g/mol. The highest BCUT2D eigenvalue weighted by Gasteiger charge is 2.25. The third kappa shape index (κ3) is 6.04. The normalized spacial score (nSPS) is 15.0. The molecule has 0 unspecified atom stereocenters. The second-order valence-corrected chi connectivity index (χ2v) is 10.8. The number of hydrogen-bond donors (Lipinski definition) is 1. The molecule has 1 N–H and O–H groups in total. The molecule has 1 atom stereocenters. The van der Waals surface area contributed by atoms with Crippen LogP contribution < -0.4 is 9.64 Å². The van der Waals surface area contributed by atoms with Crippen LogP contribution in [-0.2, 0) is 16.6 Å². The fourth-order valence-corrected chi connectivity index (χ4v) is 4.87. The Labute approximate surface area is 214 Å². The van der Waals surface area contributed by atoms with Crippen LogP contribution in [-0.4, -0.2) is 41.2 Å². The highest BCUT2D eigenvalue weighted by molar-refractivity contribution is 5.68. The van der Waals surface area contributed by atoms with Crippen molar-refractivity contribution in [3.05, 3.63) is 70.9 Å². The largest absolute Gasteiger partial charge is 0.494 e. The third-order valence-corrected chi connectivity index (χ3v) is 6.96.